The van der Waals surface area contributed by atoms with Gasteiger partial charge in [0.25, 0.3) is 0 Å². The van der Waals surface area contributed by atoms with Gasteiger partial charge in [-0.1, -0.05) is 48.9 Å². The van der Waals surface area contributed by atoms with Crippen molar-refractivity contribution >= 4 is 22.5 Å². The Morgan fingerprint density at radius 2 is 1.90 bits per heavy atom. The SMILES string of the molecule is CCc1ccc(Cn2cc(CO)c3ccccc32)cc1Cl. The van der Waals surface area contributed by atoms with Crippen LogP contribution in [0.25, 0.3) is 10.9 Å². The fraction of sp³-hybridized carbons (Fsp3) is 0.222. The number of aliphatic hydroxyl groups excluding tert-OH is 1. The minimum absolute atomic E-state index is 0.0586. The summed E-state index contributed by atoms with van der Waals surface area (Å²) in [4.78, 5) is 0. The molecule has 0 aliphatic carbocycles. The number of aryl methyl sites for hydroxylation is 1. The van der Waals surface area contributed by atoms with Gasteiger partial charge in [-0.15, -0.1) is 0 Å². The summed E-state index contributed by atoms with van der Waals surface area (Å²) in [5.41, 5.74) is 4.44. The Morgan fingerprint density at radius 1 is 1.10 bits per heavy atom. The molecule has 0 fully saturated rings. The highest BCUT2D eigenvalue weighted by Crippen LogP contribution is 2.24. The third kappa shape index (κ3) is 2.69. The number of para-hydroxylation sites is 1. The van der Waals surface area contributed by atoms with Gasteiger partial charge >= 0.3 is 0 Å². The Labute approximate surface area is 129 Å². The summed E-state index contributed by atoms with van der Waals surface area (Å²) in [5.74, 6) is 0. The number of aromatic nitrogens is 1. The van der Waals surface area contributed by atoms with E-state index in [1.165, 1.54) is 11.1 Å². The fourth-order valence-corrected chi connectivity index (χ4v) is 3.09. The van der Waals surface area contributed by atoms with Gasteiger partial charge in [-0.2, -0.15) is 0 Å². The summed E-state index contributed by atoms with van der Waals surface area (Å²) >= 11 is 6.30. The molecule has 0 radical (unpaired) electrons. The van der Waals surface area contributed by atoms with E-state index < -0.39 is 0 Å². The van der Waals surface area contributed by atoms with Crippen molar-refractivity contribution in [3.05, 3.63) is 70.4 Å². The summed E-state index contributed by atoms with van der Waals surface area (Å²) < 4.78 is 2.16. The van der Waals surface area contributed by atoms with Gasteiger partial charge < -0.3 is 9.67 Å². The Balaban J connectivity index is 2.00. The van der Waals surface area contributed by atoms with Crippen molar-refractivity contribution in [1.82, 2.24) is 4.57 Å². The summed E-state index contributed by atoms with van der Waals surface area (Å²) in [6.07, 6.45) is 2.96. The minimum Gasteiger partial charge on any atom is -0.392 e. The van der Waals surface area contributed by atoms with Crippen molar-refractivity contribution in [3.8, 4) is 0 Å². The zero-order valence-electron chi connectivity index (χ0n) is 12.0. The molecule has 1 heterocycles. The molecule has 0 atom stereocenters. The van der Waals surface area contributed by atoms with Crippen molar-refractivity contribution in [2.75, 3.05) is 0 Å². The molecule has 2 nitrogen and oxygen atoms in total. The Morgan fingerprint density at radius 3 is 2.62 bits per heavy atom. The lowest BCUT2D eigenvalue weighted by atomic mass is 10.1. The highest BCUT2D eigenvalue weighted by Gasteiger charge is 2.08. The van der Waals surface area contributed by atoms with Crippen LogP contribution in [0.3, 0.4) is 0 Å². The molecule has 1 N–H and O–H groups in total. The van der Waals surface area contributed by atoms with Gasteiger partial charge in [-0.05, 0) is 29.7 Å². The van der Waals surface area contributed by atoms with Crippen LogP contribution in [0, 0.1) is 0 Å². The molecule has 0 aliphatic rings. The maximum absolute atomic E-state index is 9.49. The van der Waals surface area contributed by atoms with Gasteiger partial charge in [0.05, 0.1) is 6.61 Å². The van der Waals surface area contributed by atoms with E-state index in [0.29, 0.717) is 0 Å². The number of fused-ring (bicyclic) bond motifs is 1. The lowest BCUT2D eigenvalue weighted by Crippen LogP contribution is -1.98. The first-order valence-electron chi connectivity index (χ1n) is 7.18. The predicted molar refractivity (Wildman–Crippen MR) is 87.8 cm³/mol. The number of hydrogen-bond acceptors (Lipinski definition) is 1. The largest absolute Gasteiger partial charge is 0.392 e. The Kier molecular flexibility index (Phi) is 4.00. The molecule has 3 rings (SSSR count). The molecule has 0 bridgehead atoms. The second-order valence-electron chi connectivity index (χ2n) is 5.24. The predicted octanol–water partition coefficient (Wildman–Crippen LogP) is 4.40. The quantitative estimate of drug-likeness (QED) is 0.759. The maximum Gasteiger partial charge on any atom is 0.0702 e. The monoisotopic (exact) mass is 299 g/mol. The van der Waals surface area contributed by atoms with Crippen molar-refractivity contribution in [1.29, 1.82) is 0 Å². The highest BCUT2D eigenvalue weighted by molar-refractivity contribution is 6.31. The number of aliphatic hydroxyl groups is 1. The number of rotatable bonds is 4. The first-order valence-corrected chi connectivity index (χ1v) is 7.55. The van der Waals surface area contributed by atoms with Gasteiger partial charge in [0.15, 0.2) is 0 Å². The van der Waals surface area contributed by atoms with E-state index in [-0.39, 0.29) is 6.61 Å². The van der Waals surface area contributed by atoms with Gasteiger partial charge in [-0.25, -0.2) is 0 Å². The first kappa shape index (κ1) is 14.2. The number of benzene rings is 2. The third-order valence-electron chi connectivity index (χ3n) is 3.89. The van der Waals surface area contributed by atoms with Crippen molar-refractivity contribution in [2.45, 2.75) is 26.5 Å². The Hall–Kier alpha value is -1.77. The number of nitrogens with zero attached hydrogens (tertiary/aromatic N) is 1. The molecular weight excluding hydrogens is 282 g/mol. The van der Waals surface area contributed by atoms with Gasteiger partial charge in [0.1, 0.15) is 0 Å². The van der Waals surface area contributed by atoms with E-state index in [0.717, 1.165) is 34.5 Å². The molecule has 0 saturated heterocycles. The van der Waals surface area contributed by atoms with E-state index in [2.05, 4.69) is 29.7 Å². The summed E-state index contributed by atoms with van der Waals surface area (Å²) in [6.45, 7) is 2.92. The summed E-state index contributed by atoms with van der Waals surface area (Å²) in [6, 6.07) is 14.4. The molecule has 0 spiro atoms. The maximum atomic E-state index is 9.49. The van der Waals surface area contributed by atoms with Crippen LogP contribution in [-0.4, -0.2) is 9.67 Å². The van der Waals surface area contributed by atoms with Crippen LogP contribution < -0.4 is 0 Å². The summed E-state index contributed by atoms with van der Waals surface area (Å²) in [5, 5.41) is 11.4. The molecule has 0 saturated carbocycles. The molecule has 3 heteroatoms. The van der Waals surface area contributed by atoms with Crippen LogP contribution in [0.5, 0.6) is 0 Å². The van der Waals surface area contributed by atoms with Crippen LogP contribution in [0.2, 0.25) is 5.02 Å². The van der Waals surface area contributed by atoms with Gasteiger partial charge in [0.2, 0.25) is 0 Å². The molecule has 0 amide bonds. The minimum atomic E-state index is 0.0586. The smallest absolute Gasteiger partial charge is 0.0702 e. The van der Waals surface area contributed by atoms with Crippen LogP contribution in [-0.2, 0) is 19.6 Å². The standard InChI is InChI=1S/C18H18ClNO/c1-2-14-8-7-13(9-17(14)19)10-20-11-15(12-21)16-5-3-4-6-18(16)20/h3-9,11,21H,2,10,12H2,1H3. The normalized spacial score (nSPS) is 11.2. The van der Waals surface area contributed by atoms with Crippen molar-refractivity contribution in [3.63, 3.8) is 0 Å². The third-order valence-corrected chi connectivity index (χ3v) is 4.24. The van der Waals surface area contributed by atoms with Crippen molar-refractivity contribution in [2.24, 2.45) is 0 Å². The molecule has 21 heavy (non-hydrogen) atoms. The lowest BCUT2D eigenvalue weighted by molar-refractivity contribution is 0.283. The second kappa shape index (κ2) is 5.92. The summed E-state index contributed by atoms with van der Waals surface area (Å²) in [7, 11) is 0. The average Bonchev–Trinajstić information content (AvgIpc) is 2.86. The Bertz CT molecular complexity index is 776. The molecule has 2 aromatic carbocycles. The van der Waals surface area contributed by atoms with E-state index in [1.54, 1.807) is 0 Å². The zero-order chi connectivity index (χ0) is 14.8. The molecule has 0 aliphatic heterocycles. The first-order chi connectivity index (χ1) is 10.2. The number of halogens is 1. The van der Waals surface area contributed by atoms with Crippen LogP contribution in [0.1, 0.15) is 23.6 Å². The number of hydrogen-bond donors (Lipinski definition) is 1. The fourth-order valence-electron chi connectivity index (χ4n) is 2.75. The van der Waals surface area contributed by atoms with Gasteiger partial charge in [0, 0.05) is 34.2 Å². The van der Waals surface area contributed by atoms with E-state index in [4.69, 9.17) is 11.6 Å². The second-order valence-corrected chi connectivity index (χ2v) is 5.64. The van der Waals surface area contributed by atoms with Crippen molar-refractivity contribution < 1.29 is 5.11 Å². The molecule has 3 aromatic rings. The molecule has 108 valence electrons. The zero-order valence-corrected chi connectivity index (χ0v) is 12.8. The van der Waals surface area contributed by atoms with Crippen LogP contribution in [0.4, 0.5) is 0 Å². The molecule has 1 aromatic heterocycles. The molecule has 0 unspecified atom stereocenters. The van der Waals surface area contributed by atoms with E-state index >= 15 is 0 Å². The lowest BCUT2D eigenvalue weighted by Gasteiger charge is -2.08. The average molecular weight is 300 g/mol. The highest BCUT2D eigenvalue weighted by atomic mass is 35.5. The van der Waals surface area contributed by atoms with E-state index in [9.17, 15) is 5.11 Å². The van der Waals surface area contributed by atoms with Crippen LogP contribution >= 0.6 is 11.6 Å². The van der Waals surface area contributed by atoms with Crippen LogP contribution in [0.15, 0.2) is 48.7 Å². The molecular formula is C18H18ClNO. The topological polar surface area (TPSA) is 25.2 Å². The van der Waals surface area contributed by atoms with E-state index in [1.807, 2.05) is 30.5 Å². The van der Waals surface area contributed by atoms with Gasteiger partial charge in [-0.3, -0.25) is 0 Å².